The van der Waals surface area contributed by atoms with Gasteiger partial charge in [-0.3, -0.25) is 4.90 Å². The largest absolute Gasteiger partial charge is 0.392 e. The predicted molar refractivity (Wildman–Crippen MR) is 82.7 cm³/mol. The van der Waals surface area contributed by atoms with E-state index in [9.17, 15) is 5.11 Å². The van der Waals surface area contributed by atoms with Gasteiger partial charge in [-0.1, -0.05) is 30.3 Å². The Morgan fingerprint density at radius 1 is 1.15 bits per heavy atom. The van der Waals surface area contributed by atoms with E-state index in [1.807, 2.05) is 6.07 Å². The number of rotatable bonds is 2. The number of likely N-dealkylation sites (N-methyl/N-ethyl adjacent to an activating group) is 1. The number of nitrogens with zero attached hydrogens (tertiary/aromatic N) is 2. The van der Waals surface area contributed by atoms with E-state index in [2.05, 4.69) is 46.4 Å². The summed E-state index contributed by atoms with van der Waals surface area (Å²) in [6, 6.07) is 10.4. The lowest BCUT2D eigenvalue weighted by Crippen LogP contribution is -2.40. The van der Waals surface area contributed by atoms with Crippen LogP contribution in [0.1, 0.15) is 12.0 Å². The van der Waals surface area contributed by atoms with E-state index in [1.54, 1.807) is 0 Å². The number of hydrogen-bond acceptors (Lipinski definition) is 4. The molecule has 0 aromatic heterocycles. The van der Waals surface area contributed by atoms with E-state index in [1.165, 1.54) is 18.7 Å². The Hall–Kier alpha value is -0.940. The van der Waals surface area contributed by atoms with Crippen LogP contribution in [0.25, 0.3) is 0 Å². The molecule has 112 valence electrons. The molecule has 0 spiro atoms. The number of benzene rings is 1. The Balaban J connectivity index is 0.000000178. The van der Waals surface area contributed by atoms with Gasteiger partial charge in [0.25, 0.3) is 0 Å². The number of likely N-dealkylation sites (tertiary alicyclic amines) is 1. The van der Waals surface area contributed by atoms with Crippen molar-refractivity contribution in [2.75, 3.05) is 46.3 Å². The summed E-state index contributed by atoms with van der Waals surface area (Å²) in [5, 5.41) is 12.6. The van der Waals surface area contributed by atoms with Gasteiger partial charge in [-0.15, -0.1) is 0 Å². The first-order valence-electron chi connectivity index (χ1n) is 7.57. The third-order valence-electron chi connectivity index (χ3n) is 3.84. The van der Waals surface area contributed by atoms with Crippen LogP contribution in [0.5, 0.6) is 0 Å². The molecule has 0 radical (unpaired) electrons. The summed E-state index contributed by atoms with van der Waals surface area (Å²) in [4.78, 5) is 4.62. The summed E-state index contributed by atoms with van der Waals surface area (Å²) in [6.45, 7) is 7.57. The lowest BCUT2D eigenvalue weighted by molar-refractivity contribution is 0.175. The standard InChI is InChI=1S/C11H15NO.C5H12N2/c13-11-6-7-12(9-11)8-10-4-2-1-3-5-10;1-7-4-2-6-3-5-7/h1-5,11,13H,6-9H2;6H,2-5H2,1H3. The van der Waals surface area contributed by atoms with E-state index < -0.39 is 0 Å². The smallest absolute Gasteiger partial charge is 0.0679 e. The van der Waals surface area contributed by atoms with Crippen molar-refractivity contribution in [1.29, 1.82) is 0 Å². The first kappa shape index (κ1) is 15.4. The Morgan fingerprint density at radius 2 is 1.85 bits per heavy atom. The molecule has 1 aromatic rings. The molecule has 4 heteroatoms. The maximum absolute atomic E-state index is 9.34. The van der Waals surface area contributed by atoms with Crippen molar-refractivity contribution < 1.29 is 5.11 Å². The summed E-state index contributed by atoms with van der Waals surface area (Å²) in [5.74, 6) is 0. The number of hydrogen-bond donors (Lipinski definition) is 2. The normalized spacial score (nSPS) is 24.2. The average molecular weight is 277 g/mol. The van der Waals surface area contributed by atoms with Crippen molar-refractivity contribution in [3.8, 4) is 0 Å². The molecule has 0 aliphatic carbocycles. The van der Waals surface area contributed by atoms with Crippen molar-refractivity contribution >= 4 is 0 Å². The van der Waals surface area contributed by atoms with Gasteiger partial charge in [-0.25, -0.2) is 0 Å². The second-order valence-electron chi connectivity index (χ2n) is 5.72. The first-order chi connectivity index (χ1) is 9.74. The van der Waals surface area contributed by atoms with Crippen LogP contribution in [0.4, 0.5) is 0 Å². The Kier molecular flexibility index (Phi) is 6.47. The van der Waals surface area contributed by atoms with E-state index >= 15 is 0 Å². The molecule has 0 saturated carbocycles. The van der Waals surface area contributed by atoms with E-state index in [4.69, 9.17) is 0 Å². The number of nitrogens with one attached hydrogen (secondary N) is 1. The highest BCUT2D eigenvalue weighted by molar-refractivity contribution is 5.14. The number of piperazine rings is 1. The molecule has 2 aliphatic rings. The minimum absolute atomic E-state index is 0.108. The fourth-order valence-electron chi connectivity index (χ4n) is 2.57. The van der Waals surface area contributed by atoms with Crippen LogP contribution in [0.3, 0.4) is 0 Å². The highest BCUT2D eigenvalue weighted by Gasteiger charge is 2.19. The summed E-state index contributed by atoms with van der Waals surface area (Å²) in [5.41, 5.74) is 1.33. The van der Waals surface area contributed by atoms with Crippen LogP contribution in [-0.2, 0) is 6.54 Å². The SMILES string of the molecule is CN1CCNCC1.OC1CCN(Cc2ccccc2)C1. The third-order valence-corrected chi connectivity index (χ3v) is 3.84. The number of aliphatic hydroxyl groups excluding tert-OH is 1. The van der Waals surface area contributed by atoms with Crippen LogP contribution >= 0.6 is 0 Å². The van der Waals surface area contributed by atoms with Crippen LogP contribution in [0.15, 0.2) is 30.3 Å². The molecule has 2 N–H and O–H groups in total. The molecular weight excluding hydrogens is 250 g/mol. The monoisotopic (exact) mass is 277 g/mol. The Labute approximate surface area is 122 Å². The van der Waals surface area contributed by atoms with Gasteiger partial charge in [0.05, 0.1) is 6.10 Å². The quantitative estimate of drug-likeness (QED) is 0.838. The van der Waals surface area contributed by atoms with Gasteiger partial charge >= 0.3 is 0 Å². The molecule has 2 fully saturated rings. The van der Waals surface area contributed by atoms with E-state index in [0.29, 0.717) is 0 Å². The summed E-state index contributed by atoms with van der Waals surface area (Å²) in [6.07, 6.45) is 0.816. The van der Waals surface area contributed by atoms with Crippen LogP contribution in [-0.4, -0.2) is 67.3 Å². The molecule has 1 unspecified atom stereocenters. The van der Waals surface area contributed by atoms with Crippen LogP contribution < -0.4 is 5.32 Å². The highest BCUT2D eigenvalue weighted by Crippen LogP contribution is 2.12. The minimum Gasteiger partial charge on any atom is -0.392 e. The predicted octanol–water partition coefficient (Wildman–Crippen LogP) is 0.775. The fraction of sp³-hybridized carbons (Fsp3) is 0.625. The van der Waals surface area contributed by atoms with Crippen molar-refractivity contribution in [3.05, 3.63) is 35.9 Å². The zero-order valence-corrected chi connectivity index (χ0v) is 12.5. The van der Waals surface area contributed by atoms with Crippen LogP contribution in [0, 0.1) is 0 Å². The summed E-state index contributed by atoms with van der Waals surface area (Å²) >= 11 is 0. The minimum atomic E-state index is -0.108. The zero-order chi connectivity index (χ0) is 14.2. The highest BCUT2D eigenvalue weighted by atomic mass is 16.3. The lowest BCUT2D eigenvalue weighted by atomic mass is 10.2. The van der Waals surface area contributed by atoms with Crippen LogP contribution in [0.2, 0.25) is 0 Å². The molecule has 2 saturated heterocycles. The van der Waals surface area contributed by atoms with Gasteiger partial charge < -0.3 is 15.3 Å². The van der Waals surface area contributed by atoms with Gasteiger partial charge in [0, 0.05) is 45.8 Å². The second-order valence-corrected chi connectivity index (χ2v) is 5.72. The van der Waals surface area contributed by atoms with Gasteiger partial charge in [-0.2, -0.15) is 0 Å². The van der Waals surface area contributed by atoms with E-state index in [-0.39, 0.29) is 6.10 Å². The van der Waals surface area contributed by atoms with Gasteiger partial charge in [0.1, 0.15) is 0 Å². The fourth-order valence-corrected chi connectivity index (χ4v) is 2.57. The molecule has 3 rings (SSSR count). The molecule has 4 nitrogen and oxygen atoms in total. The van der Waals surface area contributed by atoms with Gasteiger partial charge in [-0.05, 0) is 19.0 Å². The Morgan fingerprint density at radius 3 is 2.35 bits per heavy atom. The Bertz CT molecular complexity index is 365. The van der Waals surface area contributed by atoms with Crippen molar-refractivity contribution in [3.63, 3.8) is 0 Å². The summed E-state index contributed by atoms with van der Waals surface area (Å²) in [7, 11) is 2.15. The van der Waals surface area contributed by atoms with E-state index in [0.717, 1.165) is 39.1 Å². The molecule has 2 aliphatic heterocycles. The molecule has 0 bridgehead atoms. The molecule has 1 atom stereocenters. The molecule has 0 amide bonds. The maximum Gasteiger partial charge on any atom is 0.0679 e. The molecule has 1 aromatic carbocycles. The molecule has 2 heterocycles. The van der Waals surface area contributed by atoms with Gasteiger partial charge in [0.2, 0.25) is 0 Å². The maximum atomic E-state index is 9.34. The van der Waals surface area contributed by atoms with Crippen molar-refractivity contribution in [2.24, 2.45) is 0 Å². The van der Waals surface area contributed by atoms with Gasteiger partial charge in [0.15, 0.2) is 0 Å². The molecular formula is C16H27N3O. The average Bonchev–Trinajstić information content (AvgIpc) is 2.87. The summed E-state index contributed by atoms with van der Waals surface area (Å²) < 4.78 is 0. The van der Waals surface area contributed by atoms with Crippen molar-refractivity contribution in [2.45, 2.75) is 19.1 Å². The number of aliphatic hydroxyl groups is 1. The third kappa shape index (κ3) is 5.59. The molecule has 20 heavy (non-hydrogen) atoms. The second kappa shape index (κ2) is 8.37. The van der Waals surface area contributed by atoms with Crippen molar-refractivity contribution in [1.82, 2.24) is 15.1 Å². The number of β-amino-alcohol motifs (C(OH)–C–C–N with tert-alkyl or cyclic N) is 1. The first-order valence-corrected chi connectivity index (χ1v) is 7.57. The topological polar surface area (TPSA) is 38.7 Å². The lowest BCUT2D eigenvalue weighted by Gasteiger charge is -2.21. The zero-order valence-electron chi connectivity index (χ0n) is 12.5.